The van der Waals surface area contributed by atoms with Crippen LogP contribution in [0.2, 0.25) is 0 Å². The maximum absolute atomic E-state index is 12.1. The fourth-order valence-corrected chi connectivity index (χ4v) is 2.14. The molecule has 21 heavy (non-hydrogen) atoms. The fourth-order valence-electron chi connectivity index (χ4n) is 2.14. The van der Waals surface area contributed by atoms with E-state index in [1.165, 1.54) is 23.9 Å². The van der Waals surface area contributed by atoms with Gasteiger partial charge in [-0.1, -0.05) is 13.8 Å². The number of nitrogens with zero attached hydrogens (tertiary/aromatic N) is 5. The highest BCUT2D eigenvalue weighted by Gasteiger charge is 2.21. The molecule has 2 heterocycles. The molecule has 0 saturated heterocycles. The molecule has 0 bridgehead atoms. The molecule has 1 saturated carbocycles. The average Bonchev–Trinajstić information content (AvgIpc) is 3.13. The second-order valence-corrected chi connectivity index (χ2v) is 5.91. The Bertz CT molecular complexity index is 670. The van der Waals surface area contributed by atoms with E-state index < -0.39 is 0 Å². The van der Waals surface area contributed by atoms with Gasteiger partial charge in [0.2, 0.25) is 0 Å². The molecule has 0 amide bonds. The van der Waals surface area contributed by atoms with E-state index in [-0.39, 0.29) is 5.56 Å². The third kappa shape index (κ3) is 3.48. The zero-order valence-corrected chi connectivity index (χ0v) is 12.4. The SMILES string of the molecule is CC(C)Cn1ncnc1Cn1ncc(NC2CC2)cc1=O. The van der Waals surface area contributed by atoms with Crippen LogP contribution < -0.4 is 10.9 Å². The first-order chi connectivity index (χ1) is 10.1. The van der Waals surface area contributed by atoms with E-state index in [2.05, 4.69) is 34.3 Å². The van der Waals surface area contributed by atoms with Gasteiger partial charge in [-0.3, -0.25) is 4.79 Å². The topological polar surface area (TPSA) is 77.6 Å². The summed E-state index contributed by atoms with van der Waals surface area (Å²) in [6, 6.07) is 2.10. The standard InChI is InChI=1S/C14H20N6O/c1-10(2)7-19-13(15-9-17-19)8-20-14(21)5-12(6-16-20)18-11-3-4-11/h5-6,9-11,18H,3-4,7-8H2,1-2H3. The summed E-state index contributed by atoms with van der Waals surface area (Å²) in [4.78, 5) is 16.3. The summed E-state index contributed by atoms with van der Waals surface area (Å²) in [6.45, 7) is 5.36. The molecule has 3 rings (SSSR count). The summed E-state index contributed by atoms with van der Waals surface area (Å²) in [5.74, 6) is 1.22. The van der Waals surface area contributed by atoms with Crippen molar-refractivity contribution in [2.45, 2.75) is 45.8 Å². The predicted molar refractivity (Wildman–Crippen MR) is 79.1 cm³/mol. The predicted octanol–water partition coefficient (Wildman–Crippen LogP) is 1.11. The van der Waals surface area contributed by atoms with Crippen molar-refractivity contribution in [1.82, 2.24) is 24.5 Å². The third-order valence-electron chi connectivity index (χ3n) is 3.34. The molecule has 2 aromatic rings. The normalized spacial score (nSPS) is 14.6. The molecule has 1 N–H and O–H groups in total. The highest BCUT2D eigenvalue weighted by atomic mass is 16.1. The number of aromatic nitrogens is 5. The summed E-state index contributed by atoms with van der Waals surface area (Å²) in [7, 11) is 0. The minimum absolute atomic E-state index is 0.125. The van der Waals surface area contributed by atoms with Crippen LogP contribution in [0.4, 0.5) is 5.69 Å². The van der Waals surface area contributed by atoms with Crippen molar-refractivity contribution < 1.29 is 0 Å². The molecular weight excluding hydrogens is 268 g/mol. The Balaban J connectivity index is 1.75. The Kier molecular flexibility index (Phi) is 3.72. The highest BCUT2D eigenvalue weighted by Crippen LogP contribution is 2.23. The van der Waals surface area contributed by atoms with Crippen molar-refractivity contribution in [2.24, 2.45) is 5.92 Å². The van der Waals surface area contributed by atoms with Crippen molar-refractivity contribution in [3.63, 3.8) is 0 Å². The van der Waals surface area contributed by atoms with Gasteiger partial charge in [-0.25, -0.2) is 14.3 Å². The van der Waals surface area contributed by atoms with Crippen LogP contribution >= 0.6 is 0 Å². The van der Waals surface area contributed by atoms with Crippen molar-refractivity contribution >= 4 is 5.69 Å². The van der Waals surface area contributed by atoms with Gasteiger partial charge in [0.1, 0.15) is 18.7 Å². The van der Waals surface area contributed by atoms with E-state index in [4.69, 9.17) is 0 Å². The lowest BCUT2D eigenvalue weighted by Crippen LogP contribution is -2.25. The van der Waals surface area contributed by atoms with E-state index in [0.717, 1.165) is 18.1 Å². The summed E-state index contributed by atoms with van der Waals surface area (Å²) in [6.07, 6.45) is 5.55. The molecule has 1 aliphatic rings. The van der Waals surface area contributed by atoms with Crippen LogP contribution in [0, 0.1) is 5.92 Å². The summed E-state index contributed by atoms with van der Waals surface area (Å²) in [5.41, 5.74) is 0.669. The highest BCUT2D eigenvalue weighted by molar-refractivity contribution is 5.41. The summed E-state index contributed by atoms with van der Waals surface area (Å²) in [5, 5.41) is 11.7. The van der Waals surface area contributed by atoms with Crippen LogP contribution in [0.5, 0.6) is 0 Å². The van der Waals surface area contributed by atoms with Crippen molar-refractivity contribution in [1.29, 1.82) is 0 Å². The van der Waals surface area contributed by atoms with Gasteiger partial charge in [0.25, 0.3) is 5.56 Å². The summed E-state index contributed by atoms with van der Waals surface area (Å²) >= 11 is 0. The number of anilines is 1. The molecule has 2 aromatic heterocycles. The van der Waals surface area contributed by atoms with E-state index in [0.29, 0.717) is 18.5 Å². The zero-order valence-electron chi connectivity index (χ0n) is 12.4. The van der Waals surface area contributed by atoms with Gasteiger partial charge in [-0.2, -0.15) is 10.2 Å². The quantitative estimate of drug-likeness (QED) is 0.861. The molecule has 7 nitrogen and oxygen atoms in total. The van der Waals surface area contributed by atoms with Crippen molar-refractivity contribution in [3.8, 4) is 0 Å². The first-order valence-corrected chi connectivity index (χ1v) is 7.32. The van der Waals surface area contributed by atoms with Gasteiger partial charge in [-0.05, 0) is 18.8 Å². The van der Waals surface area contributed by atoms with Gasteiger partial charge in [0.15, 0.2) is 0 Å². The monoisotopic (exact) mass is 288 g/mol. The van der Waals surface area contributed by atoms with Crippen LogP contribution in [0.15, 0.2) is 23.4 Å². The van der Waals surface area contributed by atoms with Crippen LogP contribution in [0.1, 0.15) is 32.5 Å². The molecular formula is C14H20N6O. The van der Waals surface area contributed by atoms with Crippen LogP contribution in [0.3, 0.4) is 0 Å². The number of hydrogen-bond donors (Lipinski definition) is 1. The van der Waals surface area contributed by atoms with Crippen LogP contribution in [0.25, 0.3) is 0 Å². The molecule has 0 atom stereocenters. The second-order valence-electron chi connectivity index (χ2n) is 5.91. The molecule has 112 valence electrons. The Morgan fingerprint density at radius 3 is 2.81 bits per heavy atom. The molecule has 1 fully saturated rings. The average molecular weight is 288 g/mol. The zero-order chi connectivity index (χ0) is 14.8. The Labute approximate surface area is 123 Å². The van der Waals surface area contributed by atoms with Crippen LogP contribution in [-0.4, -0.2) is 30.6 Å². The number of rotatable bonds is 6. The number of hydrogen-bond acceptors (Lipinski definition) is 5. The smallest absolute Gasteiger partial charge is 0.269 e. The molecule has 0 spiro atoms. The molecule has 0 aromatic carbocycles. The fraction of sp³-hybridized carbons (Fsp3) is 0.571. The minimum atomic E-state index is -0.125. The van der Waals surface area contributed by atoms with Crippen molar-refractivity contribution in [2.75, 3.05) is 5.32 Å². The third-order valence-corrected chi connectivity index (χ3v) is 3.34. The maximum Gasteiger partial charge on any atom is 0.269 e. The van der Waals surface area contributed by atoms with E-state index in [1.54, 1.807) is 12.3 Å². The first-order valence-electron chi connectivity index (χ1n) is 7.32. The lowest BCUT2D eigenvalue weighted by atomic mass is 10.2. The Morgan fingerprint density at radius 2 is 2.14 bits per heavy atom. The molecule has 0 aliphatic heterocycles. The van der Waals surface area contributed by atoms with E-state index in [1.807, 2.05) is 4.68 Å². The van der Waals surface area contributed by atoms with Crippen molar-refractivity contribution in [3.05, 3.63) is 34.8 Å². The molecule has 7 heteroatoms. The Hall–Kier alpha value is -2.18. The lowest BCUT2D eigenvalue weighted by Gasteiger charge is -2.10. The van der Waals surface area contributed by atoms with E-state index >= 15 is 0 Å². The Morgan fingerprint density at radius 1 is 1.33 bits per heavy atom. The lowest BCUT2D eigenvalue weighted by molar-refractivity contribution is 0.453. The molecule has 0 unspecified atom stereocenters. The minimum Gasteiger partial charge on any atom is -0.381 e. The van der Waals surface area contributed by atoms with Gasteiger partial charge < -0.3 is 5.32 Å². The number of nitrogens with one attached hydrogen (secondary N) is 1. The van der Waals surface area contributed by atoms with Crippen LogP contribution in [-0.2, 0) is 13.1 Å². The maximum atomic E-state index is 12.1. The van der Waals surface area contributed by atoms with Gasteiger partial charge in [-0.15, -0.1) is 0 Å². The van der Waals surface area contributed by atoms with Gasteiger partial charge >= 0.3 is 0 Å². The molecule has 1 aliphatic carbocycles. The second kappa shape index (κ2) is 5.67. The van der Waals surface area contributed by atoms with E-state index in [9.17, 15) is 4.79 Å². The largest absolute Gasteiger partial charge is 0.381 e. The van der Waals surface area contributed by atoms with Gasteiger partial charge in [0.05, 0.1) is 11.9 Å². The summed E-state index contributed by atoms with van der Waals surface area (Å²) < 4.78 is 3.24. The van der Waals surface area contributed by atoms with Gasteiger partial charge in [0, 0.05) is 18.7 Å². The first kappa shape index (κ1) is 13.8. The molecule has 0 radical (unpaired) electrons.